The quantitative estimate of drug-likeness (QED) is 0.765. The van der Waals surface area contributed by atoms with E-state index in [2.05, 4.69) is 0 Å². The van der Waals surface area contributed by atoms with Gasteiger partial charge in [0.1, 0.15) is 0 Å². The van der Waals surface area contributed by atoms with Gasteiger partial charge < -0.3 is 0 Å². The Kier molecular flexibility index (Phi) is 3.08. The summed E-state index contributed by atoms with van der Waals surface area (Å²) < 4.78 is 30.2. The SMILES string of the molecule is C/C=C(\C)c1ccc(S(=O)(=O)O)cc1. The van der Waals surface area contributed by atoms with Gasteiger partial charge in [-0.25, -0.2) is 0 Å². The van der Waals surface area contributed by atoms with Gasteiger partial charge in [0, 0.05) is 0 Å². The molecule has 0 fully saturated rings. The third-order valence-corrected chi connectivity index (χ3v) is 2.91. The van der Waals surface area contributed by atoms with Crippen LogP contribution in [-0.2, 0) is 10.1 Å². The molecule has 0 amide bonds. The molecule has 0 aromatic heterocycles. The van der Waals surface area contributed by atoms with Gasteiger partial charge in [-0.15, -0.1) is 0 Å². The third kappa shape index (κ3) is 2.43. The van der Waals surface area contributed by atoms with Crippen LogP contribution in [0, 0.1) is 0 Å². The third-order valence-electron chi connectivity index (χ3n) is 2.04. The fourth-order valence-electron chi connectivity index (χ4n) is 1.06. The van der Waals surface area contributed by atoms with Crippen molar-refractivity contribution in [2.75, 3.05) is 0 Å². The molecule has 1 N–H and O–H groups in total. The van der Waals surface area contributed by atoms with Gasteiger partial charge in [-0.3, -0.25) is 4.55 Å². The van der Waals surface area contributed by atoms with Crippen LogP contribution < -0.4 is 0 Å². The maximum atomic E-state index is 10.7. The molecule has 14 heavy (non-hydrogen) atoms. The van der Waals surface area contributed by atoms with Crippen LogP contribution in [0.4, 0.5) is 0 Å². The molecule has 0 aliphatic rings. The first kappa shape index (κ1) is 10.9. The molecule has 1 aromatic rings. The van der Waals surface area contributed by atoms with Crippen molar-refractivity contribution in [2.45, 2.75) is 18.7 Å². The van der Waals surface area contributed by atoms with Crippen molar-refractivity contribution in [1.82, 2.24) is 0 Å². The highest BCUT2D eigenvalue weighted by atomic mass is 32.2. The highest BCUT2D eigenvalue weighted by Gasteiger charge is 2.08. The first-order valence-corrected chi connectivity index (χ1v) is 5.60. The van der Waals surface area contributed by atoms with E-state index in [1.54, 1.807) is 12.1 Å². The van der Waals surface area contributed by atoms with E-state index in [0.717, 1.165) is 11.1 Å². The summed E-state index contributed by atoms with van der Waals surface area (Å²) in [7, 11) is -4.07. The zero-order valence-electron chi connectivity index (χ0n) is 8.06. The minimum Gasteiger partial charge on any atom is -0.282 e. The number of rotatable bonds is 2. The Labute approximate surface area is 83.8 Å². The number of hydrogen-bond acceptors (Lipinski definition) is 2. The van der Waals surface area contributed by atoms with Gasteiger partial charge in [0.25, 0.3) is 10.1 Å². The Morgan fingerprint density at radius 3 is 2.14 bits per heavy atom. The summed E-state index contributed by atoms with van der Waals surface area (Å²) in [6.45, 7) is 3.84. The molecule has 0 heterocycles. The molecular weight excluding hydrogens is 200 g/mol. The first-order chi connectivity index (χ1) is 6.45. The second-order valence-corrected chi connectivity index (χ2v) is 4.39. The molecule has 0 aliphatic heterocycles. The van der Waals surface area contributed by atoms with E-state index in [1.165, 1.54) is 12.1 Å². The first-order valence-electron chi connectivity index (χ1n) is 4.16. The number of hydrogen-bond donors (Lipinski definition) is 1. The Balaban J connectivity index is 3.14. The summed E-state index contributed by atoms with van der Waals surface area (Å²) >= 11 is 0. The lowest BCUT2D eigenvalue weighted by atomic mass is 10.1. The average Bonchev–Trinajstić information content (AvgIpc) is 2.15. The van der Waals surface area contributed by atoms with Crippen LogP contribution in [0.2, 0.25) is 0 Å². The van der Waals surface area contributed by atoms with Crippen LogP contribution in [-0.4, -0.2) is 13.0 Å². The molecule has 0 aliphatic carbocycles. The van der Waals surface area contributed by atoms with Crippen molar-refractivity contribution in [2.24, 2.45) is 0 Å². The molecule has 76 valence electrons. The Hall–Kier alpha value is -1.13. The Morgan fingerprint density at radius 2 is 1.79 bits per heavy atom. The molecule has 1 aromatic carbocycles. The van der Waals surface area contributed by atoms with Crippen molar-refractivity contribution in [1.29, 1.82) is 0 Å². The van der Waals surface area contributed by atoms with Gasteiger partial charge >= 0.3 is 0 Å². The van der Waals surface area contributed by atoms with E-state index in [1.807, 2.05) is 19.9 Å². The molecule has 0 saturated carbocycles. The van der Waals surface area contributed by atoms with Gasteiger partial charge in [-0.05, 0) is 37.1 Å². The topological polar surface area (TPSA) is 54.4 Å². The van der Waals surface area contributed by atoms with E-state index in [9.17, 15) is 8.42 Å². The second-order valence-electron chi connectivity index (χ2n) is 2.97. The predicted octanol–water partition coefficient (Wildman–Crippen LogP) is 2.36. The Bertz CT molecular complexity index is 441. The highest BCUT2D eigenvalue weighted by Crippen LogP contribution is 2.16. The molecule has 0 bridgehead atoms. The minimum absolute atomic E-state index is 0.0786. The van der Waals surface area contributed by atoms with Crippen molar-refractivity contribution in [3.05, 3.63) is 35.9 Å². The lowest BCUT2D eigenvalue weighted by Crippen LogP contribution is -1.97. The average molecular weight is 212 g/mol. The van der Waals surface area contributed by atoms with Crippen molar-refractivity contribution in [3.63, 3.8) is 0 Å². The van der Waals surface area contributed by atoms with Crippen LogP contribution in [0.5, 0.6) is 0 Å². The van der Waals surface area contributed by atoms with Gasteiger partial charge in [0.2, 0.25) is 0 Å². The summed E-state index contributed by atoms with van der Waals surface area (Å²) in [5.41, 5.74) is 2.01. The summed E-state index contributed by atoms with van der Waals surface area (Å²) in [5, 5.41) is 0. The maximum absolute atomic E-state index is 10.7. The van der Waals surface area contributed by atoms with E-state index < -0.39 is 10.1 Å². The number of benzene rings is 1. The van der Waals surface area contributed by atoms with E-state index in [4.69, 9.17) is 4.55 Å². The fourth-order valence-corrected chi connectivity index (χ4v) is 1.54. The molecule has 1 rings (SSSR count). The molecule has 0 spiro atoms. The second kappa shape index (κ2) is 3.94. The summed E-state index contributed by atoms with van der Waals surface area (Å²) in [4.78, 5) is -0.0786. The smallest absolute Gasteiger partial charge is 0.282 e. The van der Waals surface area contributed by atoms with Crippen molar-refractivity contribution >= 4 is 15.7 Å². The van der Waals surface area contributed by atoms with Crippen LogP contribution in [0.1, 0.15) is 19.4 Å². The van der Waals surface area contributed by atoms with Crippen LogP contribution in [0.15, 0.2) is 35.2 Å². The van der Waals surface area contributed by atoms with E-state index >= 15 is 0 Å². The van der Waals surface area contributed by atoms with Gasteiger partial charge in [0.15, 0.2) is 0 Å². The lowest BCUT2D eigenvalue weighted by molar-refractivity contribution is 0.483. The lowest BCUT2D eigenvalue weighted by Gasteiger charge is -2.01. The van der Waals surface area contributed by atoms with Crippen LogP contribution in [0.25, 0.3) is 5.57 Å². The highest BCUT2D eigenvalue weighted by molar-refractivity contribution is 7.85. The molecule has 4 heteroatoms. The summed E-state index contributed by atoms with van der Waals surface area (Å²) in [6, 6.07) is 6.10. The van der Waals surface area contributed by atoms with Gasteiger partial charge in [-0.2, -0.15) is 8.42 Å². The Morgan fingerprint density at radius 1 is 1.29 bits per heavy atom. The van der Waals surface area contributed by atoms with E-state index in [-0.39, 0.29) is 4.90 Å². The zero-order chi connectivity index (χ0) is 10.8. The predicted molar refractivity (Wildman–Crippen MR) is 55.6 cm³/mol. The fraction of sp³-hybridized carbons (Fsp3) is 0.200. The van der Waals surface area contributed by atoms with Gasteiger partial charge in [-0.1, -0.05) is 18.2 Å². The largest absolute Gasteiger partial charge is 0.294 e. The molecular formula is C10H12O3S. The van der Waals surface area contributed by atoms with Crippen LogP contribution in [0.3, 0.4) is 0 Å². The molecule has 0 radical (unpaired) electrons. The monoisotopic (exact) mass is 212 g/mol. The minimum atomic E-state index is -4.07. The molecule has 0 saturated heterocycles. The maximum Gasteiger partial charge on any atom is 0.294 e. The zero-order valence-corrected chi connectivity index (χ0v) is 8.88. The summed E-state index contributed by atoms with van der Waals surface area (Å²) in [5.74, 6) is 0. The molecule has 0 unspecified atom stereocenters. The summed E-state index contributed by atoms with van der Waals surface area (Å²) in [6.07, 6.45) is 1.93. The standard InChI is InChI=1S/C10H12O3S/c1-3-8(2)9-4-6-10(7-5-9)14(11,12)13/h3-7H,1-2H3,(H,11,12,13)/b8-3+. The normalized spacial score (nSPS) is 12.9. The number of allylic oxidation sites excluding steroid dienone is 2. The molecule has 3 nitrogen and oxygen atoms in total. The molecule has 0 atom stereocenters. The van der Waals surface area contributed by atoms with Gasteiger partial charge in [0.05, 0.1) is 4.90 Å². The van der Waals surface area contributed by atoms with Crippen LogP contribution >= 0.6 is 0 Å². The van der Waals surface area contributed by atoms with Crippen molar-refractivity contribution in [3.8, 4) is 0 Å². The van der Waals surface area contributed by atoms with E-state index in [0.29, 0.717) is 0 Å². The van der Waals surface area contributed by atoms with Crippen molar-refractivity contribution < 1.29 is 13.0 Å².